The summed E-state index contributed by atoms with van der Waals surface area (Å²) >= 11 is 0. The van der Waals surface area contributed by atoms with Gasteiger partial charge < -0.3 is 78.0 Å². The van der Waals surface area contributed by atoms with Crippen molar-refractivity contribution in [1.29, 1.82) is 0 Å². The topological polar surface area (TPSA) is 420 Å². The number of nitrogens with two attached hydrogens (primary N) is 1. The number of halogens is 2. The number of fused-ring (bicyclic) bond motifs is 34. The summed E-state index contributed by atoms with van der Waals surface area (Å²) in [5.74, 6) is -12.7. The molecule has 558 valence electrons. The molecule has 3 aliphatic rings. The van der Waals surface area contributed by atoms with Crippen LogP contribution in [0.4, 0.5) is 8.78 Å². The van der Waals surface area contributed by atoms with Crippen LogP contribution in [0.15, 0.2) is 110 Å². The summed E-state index contributed by atoms with van der Waals surface area (Å²) in [5.41, 5.74) is 8.38. The van der Waals surface area contributed by atoms with Crippen LogP contribution in [0.25, 0.3) is 21.8 Å². The maximum atomic E-state index is 15.3. The summed E-state index contributed by atoms with van der Waals surface area (Å²) in [6.45, 7) is 4.64. The lowest BCUT2D eigenvalue weighted by Crippen LogP contribution is -2.61. The van der Waals surface area contributed by atoms with Crippen LogP contribution in [-0.4, -0.2) is 175 Å². The predicted molar refractivity (Wildman–Crippen MR) is 381 cm³/mol. The fraction of sp³-hybridized carbons (Fsp3) is 0.427. The minimum Gasteiger partial charge on any atom is -0.497 e. The van der Waals surface area contributed by atoms with Crippen LogP contribution in [0.2, 0.25) is 0 Å². The quantitative estimate of drug-likeness (QED) is 0.0486. The van der Waals surface area contributed by atoms with Crippen molar-refractivity contribution in [1.82, 2.24) is 67.4 Å². The number of carboxylic acid groups (broad SMARTS) is 1. The molecule has 9 amide bonds. The molecule has 9 atom stereocenters. The number of ether oxygens (including phenoxy) is 1. The Hall–Kier alpha value is -11.2. The average Bonchev–Trinajstić information content (AvgIpc) is 1.69. The molecule has 3 aromatic heterocycles. The van der Waals surface area contributed by atoms with Gasteiger partial charge in [0, 0.05) is 111 Å². The van der Waals surface area contributed by atoms with Crippen LogP contribution in [0, 0.1) is 17.6 Å². The molecule has 2 bridgehead atoms. The smallest absolute Gasteiger partial charge is 0.304 e. The zero-order valence-electron chi connectivity index (χ0n) is 58.9. The first-order valence-corrected chi connectivity index (χ1v) is 35.1. The number of Topliss-reactive ketones (excluding diaryl/α,β-unsaturated/α-hetero) is 2. The SMILES string of the molecule is COc1ccc(C[C@@H]2NC(=O)[C@H](Cc3cnc[nH]3)NC(=O)[C@H](CC(=O)O)CC(=O)[C@H](Cc3c[nH]c4ccc(F)cc34)NC(=O)[C@H](Cc3c[nH]c4ccc(F)cc34)NC(=O)[C@@H](C)NC(=O)[C@H](CCCCN)NC(=O)[C@@H](NC(C)=O)CCC(=O)CCc3ccc(cc3)CCNC(=O)[C@]3(C)CCCN3C2=O)cc1. The second-order valence-corrected chi connectivity index (χ2v) is 27.1. The van der Waals surface area contributed by atoms with Gasteiger partial charge in [-0.25, -0.2) is 13.8 Å². The predicted octanol–water partition coefficient (Wildman–Crippen LogP) is 3.58. The number of carbonyl (C=O) groups excluding carboxylic acids is 11. The van der Waals surface area contributed by atoms with E-state index in [9.17, 15) is 47.9 Å². The van der Waals surface area contributed by atoms with E-state index in [0.29, 0.717) is 71.1 Å². The number of unbranched alkanes of at least 4 members (excludes halogenated alkanes) is 1. The highest BCUT2D eigenvalue weighted by Crippen LogP contribution is 2.32. The fourth-order valence-corrected chi connectivity index (χ4v) is 13.3. The van der Waals surface area contributed by atoms with Gasteiger partial charge in [-0.2, -0.15) is 0 Å². The summed E-state index contributed by atoms with van der Waals surface area (Å²) in [7, 11) is 1.48. The molecule has 0 unspecified atom stereocenters. The molecular formula is C75H90F2N14O14. The number of nitrogens with one attached hydrogen (secondary N) is 11. The lowest BCUT2D eigenvalue weighted by atomic mass is 9.91. The van der Waals surface area contributed by atoms with Crippen molar-refractivity contribution in [2.24, 2.45) is 11.7 Å². The van der Waals surface area contributed by atoms with Gasteiger partial charge in [0.05, 0.1) is 31.8 Å². The Morgan fingerprint density at radius 3 is 1.87 bits per heavy atom. The molecule has 0 saturated carbocycles. The Bertz CT molecular complexity index is 4300. The summed E-state index contributed by atoms with van der Waals surface area (Å²) in [6.07, 6.45) is 4.37. The van der Waals surface area contributed by atoms with Crippen LogP contribution >= 0.6 is 0 Å². The van der Waals surface area contributed by atoms with Crippen molar-refractivity contribution < 1.29 is 76.2 Å². The number of aromatic nitrogens is 4. The van der Waals surface area contributed by atoms with Gasteiger partial charge in [0.15, 0.2) is 5.78 Å². The molecule has 0 radical (unpaired) electrons. The van der Waals surface area contributed by atoms with Crippen LogP contribution < -0.4 is 53.0 Å². The molecule has 14 N–H and O–H groups in total. The number of H-pyrrole nitrogens is 3. The minimum atomic E-state index is -1.79. The highest BCUT2D eigenvalue weighted by Gasteiger charge is 2.48. The highest BCUT2D eigenvalue weighted by atomic mass is 19.1. The Morgan fingerprint density at radius 1 is 0.667 bits per heavy atom. The van der Waals surface area contributed by atoms with Gasteiger partial charge >= 0.3 is 5.97 Å². The number of methoxy groups -OCH3 is 1. The van der Waals surface area contributed by atoms with E-state index in [1.54, 1.807) is 31.2 Å². The largest absolute Gasteiger partial charge is 0.497 e. The van der Waals surface area contributed by atoms with Gasteiger partial charge in [0.25, 0.3) is 0 Å². The van der Waals surface area contributed by atoms with E-state index in [2.05, 4.69) is 62.5 Å². The first kappa shape index (κ1) is 78.0. The van der Waals surface area contributed by atoms with Gasteiger partial charge in [0.1, 0.15) is 65.0 Å². The molecular weight excluding hydrogens is 1360 g/mol. The Balaban J connectivity index is 1.07. The first-order valence-electron chi connectivity index (χ1n) is 35.1. The van der Waals surface area contributed by atoms with Crippen LogP contribution in [-0.2, 0) is 96.1 Å². The first-order chi connectivity index (χ1) is 50.3. The number of aryl methyl sites for hydroxylation is 1. The average molecular weight is 1450 g/mol. The zero-order chi connectivity index (χ0) is 75.5. The normalized spacial score (nSPS) is 23.1. The summed E-state index contributed by atoms with van der Waals surface area (Å²) in [4.78, 5) is 187. The van der Waals surface area contributed by atoms with E-state index in [0.717, 1.165) is 11.1 Å². The monoisotopic (exact) mass is 1450 g/mol. The van der Waals surface area contributed by atoms with Gasteiger partial charge in [-0.05, 0) is 148 Å². The molecule has 4 aromatic carbocycles. The van der Waals surface area contributed by atoms with Crippen molar-refractivity contribution >= 4 is 92.5 Å². The molecule has 1 saturated heterocycles. The van der Waals surface area contributed by atoms with Crippen LogP contribution in [0.3, 0.4) is 0 Å². The van der Waals surface area contributed by atoms with Crippen molar-refractivity contribution in [2.45, 2.75) is 171 Å². The van der Waals surface area contributed by atoms with Gasteiger partial charge in [-0.1, -0.05) is 36.4 Å². The molecule has 0 aliphatic carbocycles. The van der Waals surface area contributed by atoms with E-state index in [-0.39, 0.29) is 81.3 Å². The number of rotatable bonds is 16. The van der Waals surface area contributed by atoms with Gasteiger partial charge in [-0.15, -0.1) is 0 Å². The molecule has 10 rings (SSSR count). The van der Waals surface area contributed by atoms with Crippen molar-refractivity contribution in [3.8, 4) is 5.75 Å². The van der Waals surface area contributed by atoms with Gasteiger partial charge in [-0.3, -0.25) is 57.5 Å². The number of hydrogen-bond donors (Lipinski definition) is 13. The Kier molecular flexibility index (Phi) is 27.0. The Labute approximate surface area is 604 Å². The number of carbonyl (C=O) groups is 12. The molecule has 0 spiro atoms. The second-order valence-electron chi connectivity index (χ2n) is 27.1. The third-order valence-corrected chi connectivity index (χ3v) is 19.3. The third kappa shape index (κ3) is 21.3. The van der Waals surface area contributed by atoms with E-state index in [4.69, 9.17) is 10.5 Å². The number of amides is 9. The van der Waals surface area contributed by atoms with Crippen LogP contribution in [0.5, 0.6) is 5.75 Å². The van der Waals surface area contributed by atoms with E-state index in [1.807, 2.05) is 24.3 Å². The van der Waals surface area contributed by atoms with E-state index < -0.39 is 156 Å². The second kappa shape index (κ2) is 36.3. The number of ketones is 2. The maximum Gasteiger partial charge on any atom is 0.304 e. The van der Waals surface area contributed by atoms with Crippen molar-refractivity contribution in [3.63, 3.8) is 0 Å². The summed E-state index contributed by atoms with van der Waals surface area (Å²) in [5, 5.41) is 32.7. The number of benzene rings is 4. The lowest BCUT2D eigenvalue weighted by Gasteiger charge is -2.36. The van der Waals surface area contributed by atoms with E-state index in [1.165, 1.54) is 87.2 Å². The fourth-order valence-electron chi connectivity index (χ4n) is 13.3. The molecule has 28 nitrogen and oxygen atoms in total. The number of nitrogens with zero attached hydrogens (tertiary/aromatic N) is 2. The van der Waals surface area contributed by atoms with Gasteiger partial charge in [0.2, 0.25) is 53.2 Å². The lowest BCUT2D eigenvalue weighted by molar-refractivity contribution is -0.146. The summed E-state index contributed by atoms with van der Waals surface area (Å²) < 4.78 is 35.4. The number of aromatic amines is 3. The number of hydrogen-bond acceptors (Lipinski definition) is 15. The number of carboxylic acids is 1. The minimum absolute atomic E-state index is 0.00575. The van der Waals surface area contributed by atoms with Crippen LogP contribution in [0.1, 0.15) is 118 Å². The molecule has 30 heteroatoms. The number of aliphatic carboxylic acids is 1. The highest BCUT2D eigenvalue weighted by molar-refractivity contribution is 6.00. The standard InChI is InChI=1S/C75H90F2N14O14/c1-42-67(97)88-62(32-49-39-82-58-23-17-51(77)36-56(49)58)71(101)87-61(31-48-38-81-57-22-16-50(76)35-55(48)57)65(94)33-47(34-66(95)96)68(98)89-63(37-52-40-79-41-83-52)72(102)90-64(30-46-14-20-54(105-4)21-15-46)73(103)91-29-7-26-75(91,3)74(104)80-28-25-45-11-9-44(10-12-45)13-18-53(93)19-24-60(85-43(2)92)70(100)86-59(69(99)84-42)8-5-6-27-78/h9-12,14-17,20-23,35-36,38-42,47,59-64,81-82H,5-8,13,18-19,24-34,37,78H2,1-4H3,(H,79,83)(H,80,104)(H,84,99)(H,85,92)(H,86,100)(H,87,101)(H,88,97)(H,89,98)(H,90,102)(H,95,96)/t42-,47+,59+,60+,61+,62+,63+,64+,75+/m1/s1. The van der Waals surface area contributed by atoms with E-state index >= 15 is 23.6 Å². The zero-order valence-corrected chi connectivity index (χ0v) is 58.9. The maximum absolute atomic E-state index is 15.3. The number of imidazole rings is 1. The third-order valence-electron chi connectivity index (χ3n) is 19.3. The van der Waals surface area contributed by atoms with Crippen molar-refractivity contribution in [3.05, 3.63) is 155 Å². The van der Waals surface area contributed by atoms with Crippen molar-refractivity contribution in [2.75, 3.05) is 26.7 Å². The molecule has 105 heavy (non-hydrogen) atoms. The summed E-state index contributed by atoms with van der Waals surface area (Å²) in [6, 6.07) is 11.3. The molecule has 3 aliphatic heterocycles. The Morgan fingerprint density at radius 2 is 1.26 bits per heavy atom. The molecule has 6 heterocycles. The molecule has 1 fully saturated rings. The molecule has 7 aromatic rings.